The Morgan fingerprint density at radius 2 is 2.05 bits per heavy atom. The molecule has 0 atom stereocenters. The van der Waals surface area contributed by atoms with Gasteiger partial charge in [0.05, 0.1) is 5.02 Å². The topological polar surface area (TPSA) is 55.4 Å². The van der Waals surface area contributed by atoms with Crippen LogP contribution in [0.4, 0.5) is 5.69 Å². The summed E-state index contributed by atoms with van der Waals surface area (Å²) in [6, 6.07) is 10.3. The van der Waals surface area contributed by atoms with Gasteiger partial charge in [-0.1, -0.05) is 23.7 Å². The SMILES string of the molecule is Cc1cccc(NC(=O)COc2ccc(C=O)cc2Cl)c1C. The highest BCUT2D eigenvalue weighted by Crippen LogP contribution is 2.25. The molecule has 0 fully saturated rings. The standard InChI is InChI=1S/C17H16ClNO3/c1-11-4-3-5-15(12(11)2)19-17(21)10-22-16-7-6-13(9-20)8-14(16)18/h3-9H,10H2,1-2H3,(H,19,21). The Balaban J connectivity index is 1.98. The highest BCUT2D eigenvalue weighted by Gasteiger charge is 2.09. The fourth-order valence-corrected chi connectivity index (χ4v) is 2.17. The Hall–Kier alpha value is -2.33. The number of hydrogen-bond donors (Lipinski definition) is 1. The molecule has 0 aromatic heterocycles. The van der Waals surface area contributed by atoms with Crippen molar-refractivity contribution in [3.63, 3.8) is 0 Å². The second-order valence-corrected chi connectivity index (χ2v) is 5.30. The third kappa shape index (κ3) is 3.86. The van der Waals surface area contributed by atoms with Gasteiger partial charge >= 0.3 is 0 Å². The maximum Gasteiger partial charge on any atom is 0.262 e. The van der Waals surface area contributed by atoms with Gasteiger partial charge in [0.1, 0.15) is 12.0 Å². The Morgan fingerprint density at radius 3 is 2.73 bits per heavy atom. The van der Waals surface area contributed by atoms with Crippen LogP contribution >= 0.6 is 11.6 Å². The summed E-state index contributed by atoms with van der Waals surface area (Å²) in [7, 11) is 0. The van der Waals surface area contributed by atoms with Crippen molar-refractivity contribution >= 4 is 29.5 Å². The van der Waals surface area contributed by atoms with Gasteiger partial charge < -0.3 is 10.1 Å². The van der Waals surface area contributed by atoms with Crippen molar-refractivity contribution in [3.05, 3.63) is 58.1 Å². The van der Waals surface area contributed by atoms with Gasteiger partial charge in [-0.25, -0.2) is 0 Å². The number of nitrogens with one attached hydrogen (secondary N) is 1. The largest absolute Gasteiger partial charge is 0.482 e. The first-order chi connectivity index (χ1) is 10.5. The molecule has 0 spiro atoms. The normalized spacial score (nSPS) is 10.1. The van der Waals surface area contributed by atoms with Gasteiger partial charge in [0.25, 0.3) is 5.91 Å². The second-order valence-electron chi connectivity index (χ2n) is 4.89. The highest BCUT2D eigenvalue weighted by atomic mass is 35.5. The van der Waals surface area contributed by atoms with Crippen LogP contribution in [0.25, 0.3) is 0 Å². The number of carbonyl (C=O) groups is 2. The first kappa shape index (κ1) is 16.0. The minimum atomic E-state index is -0.274. The molecule has 0 aliphatic heterocycles. The van der Waals surface area contributed by atoms with E-state index >= 15 is 0 Å². The van der Waals surface area contributed by atoms with Crippen LogP contribution in [-0.4, -0.2) is 18.8 Å². The summed E-state index contributed by atoms with van der Waals surface area (Å²) in [4.78, 5) is 22.6. The number of ether oxygens (including phenoxy) is 1. The molecule has 0 heterocycles. The van der Waals surface area contributed by atoms with Crippen molar-refractivity contribution in [2.24, 2.45) is 0 Å². The van der Waals surface area contributed by atoms with Crippen LogP contribution in [0, 0.1) is 13.8 Å². The Morgan fingerprint density at radius 1 is 1.27 bits per heavy atom. The van der Waals surface area contributed by atoms with E-state index in [1.807, 2.05) is 32.0 Å². The number of anilines is 1. The smallest absolute Gasteiger partial charge is 0.262 e. The number of aldehydes is 1. The van der Waals surface area contributed by atoms with Gasteiger partial charge in [0, 0.05) is 11.3 Å². The average molecular weight is 318 g/mol. The number of aryl methyl sites for hydroxylation is 1. The molecule has 2 rings (SSSR count). The minimum absolute atomic E-state index is 0.159. The van der Waals surface area contributed by atoms with E-state index in [2.05, 4.69) is 5.32 Å². The van der Waals surface area contributed by atoms with Crippen LogP contribution in [0.15, 0.2) is 36.4 Å². The van der Waals surface area contributed by atoms with Crippen molar-refractivity contribution in [1.82, 2.24) is 0 Å². The summed E-state index contributed by atoms with van der Waals surface area (Å²) in [5.74, 6) is 0.0904. The van der Waals surface area contributed by atoms with Gasteiger partial charge in [-0.15, -0.1) is 0 Å². The zero-order chi connectivity index (χ0) is 16.1. The lowest BCUT2D eigenvalue weighted by Crippen LogP contribution is -2.20. The summed E-state index contributed by atoms with van der Waals surface area (Å²) in [6.07, 6.45) is 0.697. The van der Waals surface area contributed by atoms with Crippen molar-refractivity contribution in [3.8, 4) is 5.75 Å². The summed E-state index contributed by atoms with van der Waals surface area (Å²) in [5, 5.41) is 3.10. The van der Waals surface area contributed by atoms with Crippen molar-refractivity contribution in [2.45, 2.75) is 13.8 Å². The number of hydrogen-bond acceptors (Lipinski definition) is 3. The van der Waals surface area contributed by atoms with Gasteiger partial charge in [0.2, 0.25) is 0 Å². The molecule has 0 saturated carbocycles. The quantitative estimate of drug-likeness (QED) is 0.854. The van der Waals surface area contributed by atoms with E-state index < -0.39 is 0 Å². The lowest BCUT2D eigenvalue weighted by atomic mass is 10.1. The molecule has 114 valence electrons. The molecule has 0 saturated heterocycles. The van der Waals surface area contributed by atoms with Crippen LogP contribution in [0.5, 0.6) is 5.75 Å². The fourth-order valence-electron chi connectivity index (χ4n) is 1.92. The van der Waals surface area contributed by atoms with E-state index in [0.717, 1.165) is 16.8 Å². The lowest BCUT2D eigenvalue weighted by Gasteiger charge is -2.11. The second kappa shape index (κ2) is 7.09. The molecule has 0 aliphatic carbocycles. The van der Waals surface area contributed by atoms with E-state index in [1.165, 1.54) is 6.07 Å². The molecule has 0 unspecified atom stereocenters. The summed E-state index contributed by atoms with van der Waals surface area (Å²) >= 11 is 5.98. The van der Waals surface area contributed by atoms with E-state index in [1.54, 1.807) is 12.1 Å². The maximum atomic E-state index is 11.9. The molecule has 1 N–H and O–H groups in total. The zero-order valence-electron chi connectivity index (χ0n) is 12.4. The van der Waals surface area contributed by atoms with Crippen LogP contribution in [0.2, 0.25) is 5.02 Å². The van der Waals surface area contributed by atoms with E-state index in [-0.39, 0.29) is 12.5 Å². The molecule has 2 aromatic rings. The number of benzene rings is 2. The first-order valence-corrected chi connectivity index (χ1v) is 7.12. The third-order valence-electron chi connectivity index (χ3n) is 3.33. The molecule has 0 bridgehead atoms. The molecule has 22 heavy (non-hydrogen) atoms. The molecule has 0 aliphatic rings. The molecule has 4 nitrogen and oxygen atoms in total. The van der Waals surface area contributed by atoms with E-state index in [0.29, 0.717) is 22.6 Å². The molecular weight excluding hydrogens is 302 g/mol. The summed E-state index contributed by atoms with van der Waals surface area (Å²) in [6.45, 7) is 3.77. The Kier molecular flexibility index (Phi) is 5.17. The van der Waals surface area contributed by atoms with Crippen LogP contribution in [-0.2, 0) is 4.79 Å². The van der Waals surface area contributed by atoms with Crippen molar-refractivity contribution in [2.75, 3.05) is 11.9 Å². The molecule has 2 aromatic carbocycles. The maximum absolute atomic E-state index is 11.9. The monoisotopic (exact) mass is 317 g/mol. The number of carbonyl (C=O) groups excluding carboxylic acids is 2. The molecular formula is C17H16ClNO3. The highest BCUT2D eigenvalue weighted by molar-refractivity contribution is 6.32. The van der Waals surface area contributed by atoms with Gasteiger partial charge in [0.15, 0.2) is 6.61 Å². The van der Waals surface area contributed by atoms with Gasteiger partial charge in [-0.3, -0.25) is 9.59 Å². The Labute approximate surface area is 134 Å². The van der Waals surface area contributed by atoms with Gasteiger partial charge in [-0.2, -0.15) is 0 Å². The van der Waals surface area contributed by atoms with Crippen molar-refractivity contribution < 1.29 is 14.3 Å². The minimum Gasteiger partial charge on any atom is -0.482 e. The molecule has 1 amide bonds. The predicted octanol–water partition coefficient (Wildman–Crippen LogP) is 3.79. The van der Waals surface area contributed by atoms with Gasteiger partial charge in [-0.05, 0) is 49.2 Å². The lowest BCUT2D eigenvalue weighted by molar-refractivity contribution is -0.118. The predicted molar refractivity (Wildman–Crippen MR) is 86.9 cm³/mol. The Bertz CT molecular complexity index is 713. The van der Waals surface area contributed by atoms with Crippen LogP contribution in [0.3, 0.4) is 0 Å². The summed E-state index contributed by atoms with van der Waals surface area (Å²) < 4.78 is 5.38. The number of amides is 1. The molecule has 0 radical (unpaired) electrons. The number of rotatable bonds is 5. The average Bonchev–Trinajstić information content (AvgIpc) is 2.50. The fraction of sp³-hybridized carbons (Fsp3) is 0.176. The zero-order valence-corrected chi connectivity index (χ0v) is 13.1. The van der Waals surface area contributed by atoms with Crippen molar-refractivity contribution in [1.29, 1.82) is 0 Å². The first-order valence-electron chi connectivity index (χ1n) is 6.75. The van der Waals surface area contributed by atoms with E-state index in [4.69, 9.17) is 16.3 Å². The van der Waals surface area contributed by atoms with Crippen LogP contribution < -0.4 is 10.1 Å². The summed E-state index contributed by atoms with van der Waals surface area (Å²) in [5.41, 5.74) is 3.34. The van der Waals surface area contributed by atoms with E-state index in [9.17, 15) is 9.59 Å². The molecule has 5 heteroatoms. The third-order valence-corrected chi connectivity index (χ3v) is 3.62. The van der Waals surface area contributed by atoms with Crippen LogP contribution in [0.1, 0.15) is 21.5 Å². The number of halogens is 1.